The van der Waals surface area contributed by atoms with Crippen LogP contribution in [0, 0.1) is 11.7 Å². The Morgan fingerprint density at radius 3 is 2.97 bits per heavy atom. The van der Waals surface area contributed by atoms with Gasteiger partial charge in [0.2, 0.25) is 5.91 Å². The van der Waals surface area contributed by atoms with Crippen molar-refractivity contribution in [2.24, 2.45) is 5.92 Å². The van der Waals surface area contributed by atoms with Crippen LogP contribution in [0.1, 0.15) is 41.9 Å². The lowest BCUT2D eigenvalue weighted by Gasteiger charge is -2.19. The highest BCUT2D eigenvalue weighted by Crippen LogP contribution is 2.60. The molecule has 3 aliphatic rings. The van der Waals surface area contributed by atoms with E-state index in [-0.39, 0.29) is 35.4 Å². The lowest BCUT2D eigenvalue weighted by Crippen LogP contribution is -2.20. The minimum Gasteiger partial charge on any atom is -0.489 e. The zero-order valence-corrected chi connectivity index (χ0v) is 18.4. The number of hydrogen-bond acceptors (Lipinski definition) is 5. The molecule has 0 unspecified atom stereocenters. The Morgan fingerprint density at radius 1 is 1.18 bits per heavy atom. The first-order valence-corrected chi connectivity index (χ1v) is 11.6. The van der Waals surface area contributed by atoms with E-state index >= 15 is 0 Å². The van der Waals surface area contributed by atoms with Crippen molar-refractivity contribution in [1.82, 2.24) is 4.98 Å². The molecule has 0 bridgehead atoms. The van der Waals surface area contributed by atoms with E-state index in [0.29, 0.717) is 49.4 Å². The summed E-state index contributed by atoms with van der Waals surface area (Å²) in [5.74, 6) is 2.99. The number of nitrogens with one attached hydrogen (secondary N) is 1. The van der Waals surface area contributed by atoms with Crippen LogP contribution in [0.2, 0.25) is 0 Å². The Balaban J connectivity index is 1.11. The fourth-order valence-electron chi connectivity index (χ4n) is 5.08. The van der Waals surface area contributed by atoms with E-state index in [9.17, 15) is 14.0 Å². The van der Waals surface area contributed by atoms with Crippen LogP contribution in [0.15, 0.2) is 54.7 Å². The second-order valence-electron chi connectivity index (χ2n) is 9.13. The van der Waals surface area contributed by atoms with Crippen LogP contribution in [0.5, 0.6) is 17.2 Å². The molecule has 1 N–H and O–H groups in total. The molecule has 34 heavy (non-hydrogen) atoms. The van der Waals surface area contributed by atoms with Gasteiger partial charge in [0.15, 0.2) is 0 Å². The number of hydrogen-bond donors (Lipinski definition) is 1. The number of carbonyl (C=O) groups excluding carboxylic acids is 2. The molecule has 3 heterocycles. The van der Waals surface area contributed by atoms with Crippen LogP contribution in [0.25, 0.3) is 0 Å². The minimum atomic E-state index is -0.276. The molecule has 3 atom stereocenters. The molecular weight excluding hydrogens is 435 g/mol. The number of amides is 1. The summed E-state index contributed by atoms with van der Waals surface area (Å²) in [4.78, 5) is 28.4. The van der Waals surface area contributed by atoms with Gasteiger partial charge in [-0.3, -0.25) is 9.59 Å². The lowest BCUT2D eigenvalue weighted by atomic mass is 10.0. The molecule has 2 aromatic carbocycles. The predicted octanol–water partition coefficient (Wildman–Crippen LogP) is 4.96. The summed E-state index contributed by atoms with van der Waals surface area (Å²) in [7, 11) is 0. The van der Waals surface area contributed by atoms with Gasteiger partial charge in [0.05, 0.1) is 0 Å². The van der Waals surface area contributed by atoms with Gasteiger partial charge in [0, 0.05) is 48.4 Å². The molecule has 1 aliphatic carbocycles. The lowest BCUT2D eigenvalue weighted by molar-refractivity contribution is -0.119. The molecule has 0 saturated heterocycles. The van der Waals surface area contributed by atoms with Crippen molar-refractivity contribution >= 4 is 17.5 Å². The Bertz CT molecular complexity index is 1310. The first kappa shape index (κ1) is 20.8. The maximum absolute atomic E-state index is 13.3. The molecule has 2 aliphatic heterocycles. The second kappa shape index (κ2) is 8.24. The number of benzene rings is 2. The number of halogens is 1. The van der Waals surface area contributed by atoms with Gasteiger partial charge in [-0.05, 0) is 54.8 Å². The largest absolute Gasteiger partial charge is 0.489 e. The van der Waals surface area contributed by atoms with Gasteiger partial charge in [-0.25, -0.2) is 9.37 Å². The normalized spacial score (nSPS) is 21.6. The third-order valence-electron chi connectivity index (χ3n) is 6.85. The molecule has 172 valence electrons. The molecule has 6 nitrogen and oxygen atoms in total. The summed E-state index contributed by atoms with van der Waals surface area (Å²) in [5.41, 5.74) is 2.80. The van der Waals surface area contributed by atoms with Crippen molar-refractivity contribution < 1.29 is 23.5 Å². The molecule has 0 spiro atoms. The van der Waals surface area contributed by atoms with E-state index < -0.39 is 0 Å². The van der Waals surface area contributed by atoms with Crippen LogP contribution in [-0.2, 0) is 22.4 Å². The maximum Gasteiger partial charge on any atom is 0.225 e. The molecule has 1 saturated carbocycles. The SMILES string of the molecule is O=C(CCc1cccc(F)c1)C[C@@H]1[C@H]2Oc3ccc(Oc4ccnc5c4CCC(=O)N5)cc3[C@@H]12. The fourth-order valence-corrected chi connectivity index (χ4v) is 5.08. The fraction of sp³-hybridized carbons (Fsp3) is 0.296. The second-order valence-corrected chi connectivity index (χ2v) is 9.13. The smallest absolute Gasteiger partial charge is 0.225 e. The summed E-state index contributed by atoms with van der Waals surface area (Å²) in [6.07, 6.45) is 4.07. The van der Waals surface area contributed by atoms with Crippen molar-refractivity contribution in [3.8, 4) is 17.2 Å². The number of ketones is 1. The van der Waals surface area contributed by atoms with E-state index in [0.717, 1.165) is 22.4 Å². The van der Waals surface area contributed by atoms with E-state index in [2.05, 4.69) is 10.3 Å². The number of anilines is 1. The number of ether oxygens (including phenoxy) is 2. The molecule has 1 amide bonds. The van der Waals surface area contributed by atoms with Crippen LogP contribution in [0.3, 0.4) is 0 Å². The zero-order valence-electron chi connectivity index (χ0n) is 18.4. The topological polar surface area (TPSA) is 77.5 Å². The number of aryl methyl sites for hydroxylation is 1. The molecular formula is C27H23FN2O4. The molecule has 0 radical (unpaired) electrons. The van der Waals surface area contributed by atoms with Crippen molar-refractivity contribution in [1.29, 1.82) is 0 Å². The van der Waals surface area contributed by atoms with Crippen LogP contribution in [0.4, 0.5) is 10.2 Å². The number of nitrogens with zero attached hydrogens (tertiary/aromatic N) is 1. The molecule has 7 heteroatoms. The first-order valence-electron chi connectivity index (χ1n) is 11.6. The van der Waals surface area contributed by atoms with E-state index in [1.807, 2.05) is 24.3 Å². The van der Waals surface area contributed by atoms with E-state index in [1.165, 1.54) is 12.1 Å². The van der Waals surface area contributed by atoms with Gasteiger partial charge >= 0.3 is 0 Å². The minimum absolute atomic E-state index is 0.0345. The Morgan fingerprint density at radius 2 is 2.09 bits per heavy atom. The third-order valence-corrected chi connectivity index (χ3v) is 6.85. The molecule has 6 rings (SSSR count). The summed E-state index contributed by atoms with van der Waals surface area (Å²) >= 11 is 0. The van der Waals surface area contributed by atoms with Crippen LogP contribution < -0.4 is 14.8 Å². The van der Waals surface area contributed by atoms with E-state index in [1.54, 1.807) is 18.3 Å². The van der Waals surface area contributed by atoms with Crippen molar-refractivity contribution in [3.05, 3.63) is 77.2 Å². The first-order chi connectivity index (χ1) is 16.5. The Labute approximate surface area is 196 Å². The third kappa shape index (κ3) is 3.91. The number of pyridine rings is 1. The highest BCUT2D eigenvalue weighted by Gasteiger charge is 2.58. The van der Waals surface area contributed by atoms with Crippen LogP contribution >= 0.6 is 0 Å². The van der Waals surface area contributed by atoms with Gasteiger partial charge in [-0.2, -0.15) is 0 Å². The van der Waals surface area contributed by atoms with Gasteiger partial charge in [-0.15, -0.1) is 0 Å². The summed E-state index contributed by atoms with van der Waals surface area (Å²) < 4.78 is 25.6. The van der Waals surface area contributed by atoms with Gasteiger partial charge in [-0.1, -0.05) is 12.1 Å². The van der Waals surface area contributed by atoms with Gasteiger partial charge in [0.25, 0.3) is 0 Å². The molecule has 1 fully saturated rings. The van der Waals surface area contributed by atoms with Crippen molar-refractivity contribution in [2.75, 3.05) is 5.32 Å². The number of carbonyl (C=O) groups is 2. The molecule has 3 aromatic rings. The van der Waals surface area contributed by atoms with Gasteiger partial charge < -0.3 is 14.8 Å². The average Bonchev–Trinajstić information content (AvgIpc) is 3.34. The van der Waals surface area contributed by atoms with Crippen molar-refractivity contribution in [2.45, 2.75) is 44.1 Å². The molecule has 1 aromatic heterocycles. The summed E-state index contributed by atoms with van der Waals surface area (Å²) in [5, 5.41) is 2.79. The highest BCUT2D eigenvalue weighted by molar-refractivity contribution is 5.93. The number of fused-ring (bicyclic) bond motifs is 4. The van der Waals surface area contributed by atoms with Gasteiger partial charge in [0.1, 0.15) is 40.8 Å². The number of aromatic nitrogens is 1. The predicted molar refractivity (Wildman–Crippen MR) is 123 cm³/mol. The van der Waals surface area contributed by atoms with Crippen molar-refractivity contribution in [3.63, 3.8) is 0 Å². The standard InChI is InChI=1S/C27H23FN2O4/c28-16-3-1-2-15(12-16)4-5-17(31)13-21-25-20-14-18(6-8-22(20)34-26(21)25)33-23-10-11-29-27-19(23)7-9-24(32)30-27/h1-3,6,8,10-12,14,21,25-26H,4-5,7,9,13H2,(H,29,30,32)/t21-,25-,26+/m0/s1. The number of rotatable bonds is 7. The summed E-state index contributed by atoms with van der Waals surface area (Å²) in [6.45, 7) is 0. The summed E-state index contributed by atoms with van der Waals surface area (Å²) in [6, 6.07) is 14.0. The Hall–Kier alpha value is -3.74. The quantitative estimate of drug-likeness (QED) is 0.541. The number of Topliss-reactive ketones (excluding diaryl/α,β-unsaturated/α-hetero) is 1. The monoisotopic (exact) mass is 458 g/mol. The van der Waals surface area contributed by atoms with E-state index in [4.69, 9.17) is 9.47 Å². The Kier molecular flexibility index (Phi) is 5.05. The zero-order chi connectivity index (χ0) is 23.2. The van der Waals surface area contributed by atoms with Crippen LogP contribution in [-0.4, -0.2) is 22.8 Å². The maximum atomic E-state index is 13.3. The average molecular weight is 458 g/mol. The highest BCUT2D eigenvalue weighted by atomic mass is 19.1.